The maximum atomic E-state index is 6.27. The molecule has 3 nitrogen and oxygen atoms in total. The average molecular weight is 595 g/mol. The first-order chi connectivity index (χ1) is 22.3. The Morgan fingerprint density at radius 1 is 0.556 bits per heavy atom. The first kappa shape index (κ1) is 25.8. The molecule has 212 valence electrons. The summed E-state index contributed by atoms with van der Waals surface area (Å²) in [5, 5.41) is 4.85. The molecule has 9 rings (SSSR count). The van der Waals surface area contributed by atoms with E-state index in [0.29, 0.717) is 5.89 Å². The molecule has 0 spiro atoms. The van der Waals surface area contributed by atoms with Crippen molar-refractivity contribution in [2.75, 3.05) is 4.90 Å². The van der Waals surface area contributed by atoms with Crippen LogP contribution in [0.1, 0.15) is 0 Å². The minimum absolute atomic E-state index is 0.648. The minimum Gasteiger partial charge on any atom is -0.436 e. The van der Waals surface area contributed by atoms with E-state index in [2.05, 4.69) is 138 Å². The van der Waals surface area contributed by atoms with Gasteiger partial charge in [0.2, 0.25) is 5.89 Å². The van der Waals surface area contributed by atoms with E-state index in [-0.39, 0.29) is 0 Å². The van der Waals surface area contributed by atoms with Crippen molar-refractivity contribution in [2.45, 2.75) is 0 Å². The zero-order chi connectivity index (χ0) is 29.7. The van der Waals surface area contributed by atoms with Crippen LogP contribution in [-0.4, -0.2) is 4.98 Å². The number of para-hydroxylation sites is 3. The predicted octanol–water partition coefficient (Wildman–Crippen LogP) is 12.2. The van der Waals surface area contributed by atoms with Crippen molar-refractivity contribution >= 4 is 70.4 Å². The van der Waals surface area contributed by atoms with Gasteiger partial charge in [0, 0.05) is 32.4 Å². The molecule has 0 bridgehead atoms. The van der Waals surface area contributed by atoms with E-state index in [1.54, 1.807) is 0 Å². The van der Waals surface area contributed by atoms with E-state index < -0.39 is 0 Å². The summed E-state index contributed by atoms with van der Waals surface area (Å²) in [6.45, 7) is 0. The Kier molecular flexibility index (Phi) is 6.00. The van der Waals surface area contributed by atoms with Crippen LogP contribution in [0.15, 0.2) is 162 Å². The fraction of sp³-hybridized carbons (Fsp3) is 0. The lowest BCUT2D eigenvalue weighted by Gasteiger charge is -2.26. The van der Waals surface area contributed by atoms with Crippen molar-refractivity contribution in [3.63, 3.8) is 0 Å². The standard InChI is InChI=1S/C41H26N2OS/c1-2-15-29(16-3-1)43(30-17-8-14-28(26-30)32-19-9-13-27-12-4-5-18-31(27)32)36-23-10-20-33-39-34(21-11-25-38(39)45-40(33)36)41-42-35-22-6-7-24-37(35)44-41/h1-26H. The number of oxazole rings is 1. The number of thiophene rings is 1. The van der Waals surface area contributed by atoms with Gasteiger partial charge in [0.1, 0.15) is 5.52 Å². The Morgan fingerprint density at radius 3 is 2.20 bits per heavy atom. The second-order valence-electron chi connectivity index (χ2n) is 11.2. The molecule has 0 fully saturated rings. The Bertz CT molecular complexity index is 2470. The lowest BCUT2D eigenvalue weighted by Crippen LogP contribution is -2.10. The quantitative estimate of drug-likeness (QED) is 0.198. The highest BCUT2D eigenvalue weighted by Gasteiger charge is 2.21. The van der Waals surface area contributed by atoms with Crippen LogP contribution < -0.4 is 4.90 Å². The summed E-state index contributed by atoms with van der Waals surface area (Å²) < 4.78 is 8.69. The van der Waals surface area contributed by atoms with Crippen molar-refractivity contribution in [1.29, 1.82) is 0 Å². The fourth-order valence-corrected chi connectivity index (χ4v) is 7.70. The number of hydrogen-bond donors (Lipinski definition) is 0. The molecule has 4 heteroatoms. The van der Waals surface area contributed by atoms with Gasteiger partial charge in [-0.2, -0.15) is 0 Å². The molecule has 0 aliphatic heterocycles. The highest BCUT2D eigenvalue weighted by Crippen LogP contribution is 2.47. The molecule has 7 aromatic carbocycles. The van der Waals surface area contributed by atoms with Crippen LogP contribution in [0.25, 0.3) is 64.6 Å². The maximum Gasteiger partial charge on any atom is 0.227 e. The molecule has 0 atom stereocenters. The molecule has 2 aromatic heterocycles. The number of benzene rings is 7. The molecule has 0 amide bonds. The van der Waals surface area contributed by atoms with Crippen LogP contribution in [0.4, 0.5) is 17.1 Å². The van der Waals surface area contributed by atoms with Gasteiger partial charge in [0.05, 0.1) is 10.4 Å². The van der Waals surface area contributed by atoms with Gasteiger partial charge < -0.3 is 9.32 Å². The summed E-state index contributed by atoms with van der Waals surface area (Å²) in [6.07, 6.45) is 0. The van der Waals surface area contributed by atoms with Gasteiger partial charge in [-0.1, -0.05) is 103 Å². The van der Waals surface area contributed by atoms with Crippen molar-refractivity contribution in [3.8, 4) is 22.6 Å². The van der Waals surface area contributed by atoms with Gasteiger partial charge in [0.25, 0.3) is 0 Å². The van der Waals surface area contributed by atoms with E-state index in [1.165, 1.54) is 42.1 Å². The summed E-state index contributed by atoms with van der Waals surface area (Å²) in [6, 6.07) is 55.6. The van der Waals surface area contributed by atoms with Crippen LogP contribution in [0, 0.1) is 0 Å². The van der Waals surface area contributed by atoms with E-state index in [0.717, 1.165) is 33.7 Å². The number of hydrogen-bond acceptors (Lipinski definition) is 4. The Balaban J connectivity index is 1.26. The van der Waals surface area contributed by atoms with Crippen molar-refractivity contribution in [3.05, 3.63) is 158 Å². The topological polar surface area (TPSA) is 29.3 Å². The summed E-state index contributed by atoms with van der Waals surface area (Å²) >= 11 is 1.81. The summed E-state index contributed by atoms with van der Waals surface area (Å²) in [5.74, 6) is 0.648. The zero-order valence-corrected chi connectivity index (χ0v) is 25.0. The number of nitrogens with zero attached hydrogens (tertiary/aromatic N) is 2. The van der Waals surface area contributed by atoms with Crippen molar-refractivity contribution in [1.82, 2.24) is 4.98 Å². The third-order valence-corrected chi connectivity index (χ3v) is 9.68. The molecule has 0 radical (unpaired) electrons. The summed E-state index contributed by atoms with van der Waals surface area (Å²) in [7, 11) is 0. The largest absolute Gasteiger partial charge is 0.436 e. The number of aromatic nitrogens is 1. The first-order valence-electron chi connectivity index (χ1n) is 15.1. The Labute approximate surface area is 264 Å². The molecule has 9 aromatic rings. The van der Waals surface area contributed by atoms with Crippen molar-refractivity contribution < 1.29 is 4.42 Å². The lowest BCUT2D eigenvalue weighted by atomic mass is 9.97. The molecule has 0 unspecified atom stereocenters. The van der Waals surface area contributed by atoms with E-state index in [4.69, 9.17) is 9.40 Å². The third kappa shape index (κ3) is 4.30. The smallest absolute Gasteiger partial charge is 0.227 e. The van der Waals surface area contributed by atoms with Gasteiger partial charge in [-0.15, -0.1) is 11.3 Å². The highest BCUT2D eigenvalue weighted by molar-refractivity contribution is 7.26. The van der Waals surface area contributed by atoms with Gasteiger partial charge in [-0.3, -0.25) is 0 Å². The molecule has 45 heavy (non-hydrogen) atoms. The molecule has 0 N–H and O–H groups in total. The SMILES string of the molecule is c1ccc(N(c2cccc(-c3cccc4ccccc34)c2)c2cccc3c2sc2cccc(-c4nc5ccccc5o4)c23)cc1. The minimum atomic E-state index is 0.648. The summed E-state index contributed by atoms with van der Waals surface area (Å²) in [4.78, 5) is 7.24. The van der Waals surface area contributed by atoms with Crippen LogP contribution in [0.2, 0.25) is 0 Å². The monoisotopic (exact) mass is 594 g/mol. The Hall–Kier alpha value is -5.71. The van der Waals surface area contributed by atoms with E-state index >= 15 is 0 Å². The van der Waals surface area contributed by atoms with Gasteiger partial charge >= 0.3 is 0 Å². The predicted molar refractivity (Wildman–Crippen MR) is 190 cm³/mol. The van der Waals surface area contributed by atoms with Crippen LogP contribution in [0.3, 0.4) is 0 Å². The third-order valence-electron chi connectivity index (χ3n) is 8.49. The van der Waals surface area contributed by atoms with Gasteiger partial charge in [-0.25, -0.2) is 4.98 Å². The lowest BCUT2D eigenvalue weighted by molar-refractivity contribution is 0.620. The highest BCUT2D eigenvalue weighted by atomic mass is 32.1. The van der Waals surface area contributed by atoms with Gasteiger partial charge in [0.15, 0.2) is 5.58 Å². The average Bonchev–Trinajstić information content (AvgIpc) is 3.71. The molecule has 0 saturated carbocycles. The summed E-state index contributed by atoms with van der Waals surface area (Å²) in [5.41, 5.74) is 8.44. The van der Waals surface area contributed by atoms with Crippen LogP contribution in [-0.2, 0) is 0 Å². The zero-order valence-electron chi connectivity index (χ0n) is 24.2. The molecule has 2 heterocycles. The second-order valence-corrected chi connectivity index (χ2v) is 12.2. The molecule has 0 aliphatic rings. The first-order valence-corrected chi connectivity index (χ1v) is 15.9. The Morgan fingerprint density at radius 2 is 1.27 bits per heavy atom. The molecular formula is C41H26N2OS. The number of rotatable bonds is 5. The van der Waals surface area contributed by atoms with E-state index in [9.17, 15) is 0 Å². The van der Waals surface area contributed by atoms with Gasteiger partial charge in [-0.05, 0) is 76.5 Å². The van der Waals surface area contributed by atoms with E-state index in [1.807, 2.05) is 35.6 Å². The fourth-order valence-electron chi connectivity index (χ4n) is 6.47. The van der Waals surface area contributed by atoms with Crippen molar-refractivity contribution in [2.24, 2.45) is 0 Å². The molecule has 0 aliphatic carbocycles. The number of fused-ring (bicyclic) bond motifs is 5. The van der Waals surface area contributed by atoms with Crippen LogP contribution in [0.5, 0.6) is 0 Å². The second kappa shape index (κ2) is 10.5. The normalized spacial score (nSPS) is 11.6. The van der Waals surface area contributed by atoms with Crippen LogP contribution >= 0.6 is 11.3 Å². The molecular weight excluding hydrogens is 569 g/mol. The molecule has 0 saturated heterocycles. The maximum absolute atomic E-state index is 6.27. The number of anilines is 3.